The average molecular weight is 889 g/mol. The van der Waals surface area contributed by atoms with Crippen LogP contribution < -0.4 is 21.6 Å². The molecule has 4 aliphatic rings. The molecule has 2 aliphatic heterocycles. The second kappa shape index (κ2) is 17.1. The van der Waals surface area contributed by atoms with Crippen molar-refractivity contribution in [1.29, 1.82) is 0 Å². The fourth-order valence-electron chi connectivity index (χ4n) is 10.3. The first kappa shape index (κ1) is 44.5. The average Bonchev–Trinajstić information content (AvgIpc) is 3.73. The third-order valence-corrected chi connectivity index (χ3v) is 14.8. The number of pyridine rings is 1. The highest BCUT2D eigenvalue weighted by molar-refractivity contribution is 7.18. The SMILES string of the molecule is C=C/C=C(/NC1CC2(CCN(CC3CCC(c4nc5cc(C(C)(C)O)c(NC(=O)c6cccc(C(F)(F)F)n6)cc5s4)CC3)CC2)C1)c1c(C)n(C2CCC(=O)NC2=O)c(=O)n1C. The molecule has 1 atom stereocenters. The molecule has 0 bridgehead atoms. The number of hydrogen-bond acceptors (Lipinski definition) is 10. The highest BCUT2D eigenvalue weighted by Crippen LogP contribution is 2.50. The van der Waals surface area contributed by atoms with Crippen molar-refractivity contribution in [1.82, 2.24) is 34.6 Å². The minimum absolute atomic E-state index is 0.190. The first-order chi connectivity index (χ1) is 29.8. The molecule has 3 amide bonds. The lowest BCUT2D eigenvalue weighted by atomic mass is 9.60. The highest BCUT2D eigenvalue weighted by atomic mass is 32.1. The van der Waals surface area contributed by atoms with E-state index < -0.39 is 35.3 Å². The monoisotopic (exact) mass is 888 g/mol. The first-order valence-corrected chi connectivity index (χ1v) is 22.6. The number of amides is 3. The van der Waals surface area contributed by atoms with Gasteiger partial charge in [-0.15, -0.1) is 11.3 Å². The Hall–Kier alpha value is -5.13. The maximum atomic E-state index is 13.4. The molecule has 2 aliphatic carbocycles. The number of hydrogen-bond donors (Lipinski definition) is 4. The number of anilines is 1. The van der Waals surface area contributed by atoms with Crippen LogP contribution in [0.5, 0.6) is 0 Å². The van der Waals surface area contributed by atoms with Crippen molar-refractivity contribution >= 4 is 50.7 Å². The van der Waals surface area contributed by atoms with E-state index in [0.717, 1.165) is 98.5 Å². The van der Waals surface area contributed by atoms with Gasteiger partial charge in [0.05, 0.1) is 32.2 Å². The number of carbonyl (C=O) groups excluding carboxylic acids is 3. The van der Waals surface area contributed by atoms with Gasteiger partial charge in [0.2, 0.25) is 11.8 Å². The summed E-state index contributed by atoms with van der Waals surface area (Å²) >= 11 is 1.55. The Morgan fingerprint density at radius 3 is 2.43 bits per heavy atom. The van der Waals surface area contributed by atoms with Crippen molar-refractivity contribution in [2.24, 2.45) is 18.4 Å². The Bertz CT molecular complexity index is 2530. The molecule has 8 rings (SSSR count). The van der Waals surface area contributed by atoms with Crippen molar-refractivity contribution in [2.75, 3.05) is 25.0 Å². The van der Waals surface area contributed by atoms with Crippen LogP contribution in [0.2, 0.25) is 0 Å². The molecule has 3 aromatic heterocycles. The third kappa shape index (κ3) is 9.14. The van der Waals surface area contributed by atoms with Crippen molar-refractivity contribution in [2.45, 2.75) is 115 Å². The van der Waals surface area contributed by atoms with Gasteiger partial charge in [-0.1, -0.05) is 18.7 Å². The van der Waals surface area contributed by atoms with Crippen LogP contribution in [-0.4, -0.2) is 72.5 Å². The molecule has 5 heterocycles. The van der Waals surface area contributed by atoms with E-state index in [1.807, 2.05) is 13.0 Å². The maximum absolute atomic E-state index is 13.4. The van der Waals surface area contributed by atoms with Crippen LogP contribution in [0.4, 0.5) is 18.9 Å². The quantitative estimate of drug-likeness (QED) is 0.0894. The Balaban J connectivity index is 0.838. The van der Waals surface area contributed by atoms with Crippen LogP contribution in [0.3, 0.4) is 0 Å². The second-order valence-corrected chi connectivity index (χ2v) is 19.6. The molecule has 1 aromatic carbocycles. The Kier molecular flexibility index (Phi) is 12.1. The van der Waals surface area contributed by atoms with E-state index in [9.17, 15) is 37.5 Å². The van der Waals surface area contributed by atoms with Crippen LogP contribution in [0.1, 0.15) is 128 Å². The Labute approximate surface area is 367 Å². The number of fused-ring (bicyclic) bond motifs is 1. The summed E-state index contributed by atoms with van der Waals surface area (Å²) in [5.41, 5.74) is 0.695. The summed E-state index contributed by atoms with van der Waals surface area (Å²) in [5.74, 6) is -0.683. The molecule has 336 valence electrons. The second-order valence-electron chi connectivity index (χ2n) is 18.5. The number of imide groups is 1. The fraction of sp³-hybridized carbons (Fsp3) is 0.522. The van der Waals surface area contributed by atoms with Gasteiger partial charge in [0, 0.05) is 48.9 Å². The summed E-state index contributed by atoms with van der Waals surface area (Å²) < 4.78 is 43.8. The summed E-state index contributed by atoms with van der Waals surface area (Å²) in [6.45, 7) is 12.1. The largest absolute Gasteiger partial charge is 0.433 e. The normalized spacial score (nSPS) is 22.5. The van der Waals surface area contributed by atoms with E-state index in [-0.39, 0.29) is 36.2 Å². The number of rotatable bonds is 11. The zero-order valence-corrected chi connectivity index (χ0v) is 36.9. The number of halogens is 3. The lowest BCUT2D eigenvalue weighted by Crippen LogP contribution is -2.53. The molecule has 4 aromatic rings. The van der Waals surface area contributed by atoms with E-state index in [0.29, 0.717) is 45.4 Å². The number of aliphatic hydroxyl groups is 1. The van der Waals surface area contributed by atoms with Crippen LogP contribution in [-0.2, 0) is 28.4 Å². The first-order valence-electron chi connectivity index (χ1n) is 21.8. The van der Waals surface area contributed by atoms with Crippen LogP contribution in [0.15, 0.2) is 53.9 Å². The zero-order valence-electron chi connectivity index (χ0n) is 36.1. The summed E-state index contributed by atoms with van der Waals surface area (Å²) in [7, 11) is 1.71. The van der Waals surface area contributed by atoms with E-state index in [1.165, 1.54) is 10.6 Å². The van der Waals surface area contributed by atoms with Crippen molar-refractivity contribution in [3.05, 3.63) is 92.9 Å². The molecule has 0 radical (unpaired) electrons. The number of nitrogens with zero attached hydrogens (tertiary/aromatic N) is 5. The number of benzene rings is 1. The van der Waals surface area contributed by atoms with E-state index in [1.54, 1.807) is 55.0 Å². The lowest BCUT2D eigenvalue weighted by Gasteiger charge is -2.53. The summed E-state index contributed by atoms with van der Waals surface area (Å²) in [6, 6.07) is 6.20. The number of nitrogens with one attached hydrogen (secondary N) is 3. The van der Waals surface area contributed by atoms with Gasteiger partial charge >= 0.3 is 11.9 Å². The molecule has 1 unspecified atom stereocenters. The van der Waals surface area contributed by atoms with Crippen LogP contribution in [0, 0.1) is 18.3 Å². The van der Waals surface area contributed by atoms with Crippen molar-refractivity contribution in [3.63, 3.8) is 0 Å². The molecule has 4 fully saturated rings. The topological polar surface area (TPSA) is 163 Å². The van der Waals surface area contributed by atoms with Gasteiger partial charge in [0.15, 0.2) is 0 Å². The zero-order chi connectivity index (χ0) is 45.0. The molecular formula is C46H55F3N8O5S. The predicted octanol–water partition coefficient (Wildman–Crippen LogP) is 7.31. The fourth-order valence-corrected chi connectivity index (χ4v) is 11.5. The van der Waals surface area contributed by atoms with Crippen molar-refractivity contribution < 1.29 is 32.7 Å². The van der Waals surface area contributed by atoms with E-state index >= 15 is 0 Å². The molecule has 1 spiro atoms. The van der Waals surface area contributed by atoms with Gasteiger partial charge in [-0.05, 0) is 133 Å². The highest BCUT2D eigenvalue weighted by Gasteiger charge is 2.46. The lowest BCUT2D eigenvalue weighted by molar-refractivity contribution is -0.141. The molecule has 2 saturated carbocycles. The molecule has 13 nitrogen and oxygen atoms in total. The number of aromatic nitrogens is 4. The van der Waals surface area contributed by atoms with Crippen LogP contribution in [0.25, 0.3) is 15.9 Å². The number of likely N-dealkylation sites (tertiary alicyclic amines) is 1. The summed E-state index contributed by atoms with van der Waals surface area (Å²) in [5, 5.41) is 20.8. The third-order valence-electron chi connectivity index (χ3n) is 13.7. The number of carbonyl (C=O) groups is 3. The number of imidazole rings is 1. The Morgan fingerprint density at radius 1 is 1.06 bits per heavy atom. The van der Waals surface area contributed by atoms with Gasteiger partial charge in [-0.3, -0.25) is 28.8 Å². The van der Waals surface area contributed by atoms with E-state index in [4.69, 9.17) is 4.98 Å². The summed E-state index contributed by atoms with van der Waals surface area (Å²) in [6.07, 6.45) is 7.97. The standard InChI is InChI=1S/C46H55F3N8O5S/c1-6-8-31(39-26(2)57(43(61)55(39)5)35-15-16-38(58)54-41(35)60)50-29-23-45(24-29)17-19-56(20-18-45)25-27-11-13-28(14-12-27)42-53-34-21-30(44(3,4)62)33(22-36(34)63-42)52-40(59)32-9-7-10-37(51-32)46(47,48)49/h6-10,21-22,27-29,35,50,62H,1,11-20,23-25H2,2-5H3,(H,52,59)(H,54,58,60)/b31-8+. The number of alkyl halides is 3. The molecule has 2 saturated heterocycles. The minimum atomic E-state index is -4.69. The van der Waals surface area contributed by atoms with Crippen molar-refractivity contribution in [3.8, 4) is 0 Å². The van der Waals surface area contributed by atoms with Crippen LogP contribution >= 0.6 is 11.3 Å². The molecule has 17 heteroatoms. The smallest absolute Gasteiger partial charge is 0.386 e. The van der Waals surface area contributed by atoms with E-state index in [2.05, 4.69) is 32.4 Å². The minimum Gasteiger partial charge on any atom is -0.386 e. The van der Waals surface area contributed by atoms with Gasteiger partial charge < -0.3 is 20.6 Å². The Morgan fingerprint density at radius 2 is 1.78 bits per heavy atom. The van der Waals surface area contributed by atoms with Gasteiger partial charge in [-0.2, -0.15) is 13.2 Å². The maximum Gasteiger partial charge on any atom is 0.433 e. The molecular weight excluding hydrogens is 834 g/mol. The summed E-state index contributed by atoms with van der Waals surface area (Å²) in [4.78, 5) is 62.1. The predicted molar refractivity (Wildman–Crippen MR) is 235 cm³/mol. The number of thiazole rings is 1. The number of piperidine rings is 2. The molecule has 63 heavy (non-hydrogen) atoms. The van der Waals surface area contributed by atoms with Gasteiger partial charge in [0.25, 0.3) is 5.91 Å². The number of allylic oxidation sites excluding steroid dienone is 2. The van der Waals surface area contributed by atoms with Gasteiger partial charge in [-0.25, -0.2) is 14.8 Å². The molecule has 4 N–H and O–H groups in total. The van der Waals surface area contributed by atoms with Gasteiger partial charge in [0.1, 0.15) is 17.4 Å².